The summed E-state index contributed by atoms with van der Waals surface area (Å²) in [4.78, 5) is 6.41. The molecule has 0 spiro atoms. The molecule has 1 saturated heterocycles. The Morgan fingerprint density at radius 2 is 2.33 bits per heavy atom. The van der Waals surface area contributed by atoms with Gasteiger partial charge in [0.2, 0.25) is 0 Å². The Morgan fingerprint density at radius 3 is 2.89 bits per heavy atom. The summed E-state index contributed by atoms with van der Waals surface area (Å²) in [7, 11) is -3.47. The lowest BCUT2D eigenvalue weighted by atomic mass is 9.94. The molecule has 0 radical (unpaired) electrons. The zero-order valence-electron chi connectivity index (χ0n) is 10.2. The van der Waals surface area contributed by atoms with Crippen LogP contribution in [-0.4, -0.2) is 41.8 Å². The number of halogens is 1. The lowest BCUT2D eigenvalue weighted by Crippen LogP contribution is -2.49. The minimum atomic E-state index is -3.47. The number of hydrogen-bond acceptors (Lipinski definition) is 4. The number of nitrogens with zero attached hydrogens (tertiary/aromatic N) is 2. The molecule has 18 heavy (non-hydrogen) atoms. The van der Waals surface area contributed by atoms with Gasteiger partial charge in [-0.2, -0.15) is 4.31 Å². The van der Waals surface area contributed by atoms with Crippen LogP contribution in [0.15, 0.2) is 17.6 Å². The van der Waals surface area contributed by atoms with Gasteiger partial charge in [-0.3, -0.25) is 0 Å². The quantitative estimate of drug-likeness (QED) is 0.853. The average molecular weight is 295 g/mol. The van der Waals surface area contributed by atoms with Gasteiger partial charge < -0.3 is 10.7 Å². The van der Waals surface area contributed by atoms with Crippen LogP contribution < -0.4 is 5.73 Å². The third-order valence-electron chi connectivity index (χ3n) is 3.26. The molecule has 104 valence electrons. The van der Waals surface area contributed by atoms with Crippen LogP contribution in [0.2, 0.25) is 0 Å². The van der Waals surface area contributed by atoms with Crippen molar-refractivity contribution in [2.75, 3.05) is 13.1 Å². The first-order chi connectivity index (χ1) is 8.05. The van der Waals surface area contributed by atoms with E-state index in [1.165, 1.54) is 16.8 Å². The minimum absolute atomic E-state index is 0. The molecule has 0 bridgehead atoms. The monoisotopic (exact) mass is 294 g/mol. The van der Waals surface area contributed by atoms with E-state index in [1.807, 2.05) is 0 Å². The fourth-order valence-electron chi connectivity index (χ4n) is 2.27. The van der Waals surface area contributed by atoms with Crippen molar-refractivity contribution >= 4 is 22.4 Å². The van der Waals surface area contributed by atoms with Crippen molar-refractivity contribution in [1.29, 1.82) is 0 Å². The molecule has 1 aromatic heterocycles. The molecule has 0 aliphatic carbocycles. The summed E-state index contributed by atoms with van der Waals surface area (Å²) in [5.41, 5.74) is 5.67. The lowest BCUT2D eigenvalue weighted by molar-refractivity contribution is 0.210. The van der Waals surface area contributed by atoms with E-state index in [4.69, 9.17) is 5.73 Å². The maximum Gasteiger partial charge on any atom is 0.260 e. The number of nitrogens with one attached hydrogen (secondary N) is 1. The second kappa shape index (κ2) is 6.01. The van der Waals surface area contributed by atoms with Gasteiger partial charge in [0.15, 0.2) is 5.03 Å². The number of H-pyrrole nitrogens is 1. The number of rotatable bonds is 3. The first-order valence-corrected chi connectivity index (χ1v) is 7.20. The largest absolute Gasteiger partial charge is 0.335 e. The smallest absolute Gasteiger partial charge is 0.260 e. The number of sulfonamides is 1. The number of nitrogens with two attached hydrogens (primary N) is 1. The molecule has 2 rings (SSSR count). The first kappa shape index (κ1) is 15.4. The number of aromatic nitrogens is 2. The van der Waals surface area contributed by atoms with E-state index >= 15 is 0 Å². The van der Waals surface area contributed by atoms with Crippen LogP contribution in [0.4, 0.5) is 0 Å². The summed E-state index contributed by atoms with van der Waals surface area (Å²) in [5.74, 6) is 0.525. The van der Waals surface area contributed by atoms with Crippen LogP contribution >= 0.6 is 12.4 Å². The maximum atomic E-state index is 12.3. The predicted molar refractivity (Wildman–Crippen MR) is 71.0 cm³/mol. The van der Waals surface area contributed by atoms with Crippen molar-refractivity contribution in [3.8, 4) is 0 Å². The molecule has 0 aromatic carbocycles. The molecule has 0 amide bonds. The van der Waals surface area contributed by atoms with E-state index in [0.717, 1.165) is 12.8 Å². The minimum Gasteiger partial charge on any atom is -0.335 e. The van der Waals surface area contributed by atoms with Gasteiger partial charge in [-0.15, -0.1) is 12.4 Å². The van der Waals surface area contributed by atoms with Crippen molar-refractivity contribution in [1.82, 2.24) is 14.3 Å². The highest BCUT2D eigenvalue weighted by atomic mass is 35.5. The lowest BCUT2D eigenvalue weighted by Gasteiger charge is -2.36. The van der Waals surface area contributed by atoms with Crippen molar-refractivity contribution < 1.29 is 8.42 Å². The van der Waals surface area contributed by atoms with Crippen LogP contribution in [0.1, 0.15) is 19.8 Å². The molecule has 1 aliphatic rings. The Bertz CT molecular complexity index is 462. The second-order valence-electron chi connectivity index (χ2n) is 4.55. The summed E-state index contributed by atoms with van der Waals surface area (Å²) in [6.45, 7) is 3.02. The molecule has 1 fully saturated rings. The fraction of sp³-hybridized carbons (Fsp3) is 0.700. The Balaban J connectivity index is 0.00000162. The Labute approximate surface area is 113 Å². The van der Waals surface area contributed by atoms with Gasteiger partial charge in [-0.25, -0.2) is 13.4 Å². The van der Waals surface area contributed by atoms with E-state index < -0.39 is 10.0 Å². The van der Waals surface area contributed by atoms with E-state index in [2.05, 4.69) is 16.9 Å². The van der Waals surface area contributed by atoms with Gasteiger partial charge in [0.25, 0.3) is 10.0 Å². The fourth-order valence-corrected chi connectivity index (χ4v) is 3.83. The summed E-state index contributed by atoms with van der Waals surface area (Å²) in [6.07, 6.45) is 4.41. The summed E-state index contributed by atoms with van der Waals surface area (Å²) in [6, 6.07) is -0.105. The van der Waals surface area contributed by atoms with Crippen LogP contribution in [0.5, 0.6) is 0 Å². The number of hydrogen-bond donors (Lipinski definition) is 2. The zero-order valence-corrected chi connectivity index (χ0v) is 11.9. The molecule has 3 N–H and O–H groups in total. The van der Waals surface area contributed by atoms with Gasteiger partial charge in [0.05, 0.1) is 12.5 Å². The Hall–Kier alpha value is -0.630. The van der Waals surface area contributed by atoms with Gasteiger partial charge in [-0.1, -0.05) is 6.92 Å². The number of piperidine rings is 1. The Morgan fingerprint density at radius 1 is 1.61 bits per heavy atom. The first-order valence-electron chi connectivity index (χ1n) is 5.76. The highest BCUT2D eigenvalue weighted by molar-refractivity contribution is 7.89. The molecule has 2 heterocycles. The summed E-state index contributed by atoms with van der Waals surface area (Å²) >= 11 is 0. The molecule has 2 unspecified atom stereocenters. The second-order valence-corrected chi connectivity index (χ2v) is 6.41. The molecule has 2 atom stereocenters. The van der Waals surface area contributed by atoms with Crippen molar-refractivity contribution in [2.45, 2.75) is 30.8 Å². The standard InChI is InChI=1S/C10H18N4O2S.ClH/c1-8-2-3-14(9(4-8)5-11)17(15,16)10-6-12-7-13-10;/h6-9H,2-5,11H2,1H3,(H,12,13);1H. The van der Waals surface area contributed by atoms with Crippen molar-refractivity contribution in [2.24, 2.45) is 11.7 Å². The average Bonchev–Trinajstić information content (AvgIpc) is 2.82. The molecule has 1 aromatic rings. The van der Waals surface area contributed by atoms with E-state index in [9.17, 15) is 8.42 Å². The molecular formula is C10H19ClN4O2S. The zero-order chi connectivity index (χ0) is 12.5. The van der Waals surface area contributed by atoms with Crippen LogP contribution in [0.25, 0.3) is 0 Å². The number of imidazole rings is 1. The summed E-state index contributed by atoms with van der Waals surface area (Å²) in [5, 5.41) is 0.144. The highest BCUT2D eigenvalue weighted by Crippen LogP contribution is 2.26. The maximum absolute atomic E-state index is 12.3. The highest BCUT2D eigenvalue weighted by Gasteiger charge is 2.35. The van der Waals surface area contributed by atoms with E-state index in [-0.39, 0.29) is 23.5 Å². The van der Waals surface area contributed by atoms with Crippen LogP contribution in [0, 0.1) is 5.92 Å². The third-order valence-corrected chi connectivity index (χ3v) is 5.13. The molecule has 0 saturated carbocycles. The topological polar surface area (TPSA) is 92.1 Å². The number of aromatic amines is 1. The van der Waals surface area contributed by atoms with Crippen LogP contribution in [-0.2, 0) is 10.0 Å². The predicted octanol–water partition coefficient (Wildman–Crippen LogP) is 0.579. The normalized spacial score (nSPS) is 25.7. The van der Waals surface area contributed by atoms with Crippen molar-refractivity contribution in [3.63, 3.8) is 0 Å². The van der Waals surface area contributed by atoms with Crippen LogP contribution in [0.3, 0.4) is 0 Å². The molecule has 8 heteroatoms. The van der Waals surface area contributed by atoms with Gasteiger partial charge in [0.1, 0.15) is 0 Å². The Kier molecular flexibility index (Phi) is 5.15. The molecular weight excluding hydrogens is 276 g/mol. The van der Waals surface area contributed by atoms with Crippen molar-refractivity contribution in [3.05, 3.63) is 12.5 Å². The van der Waals surface area contributed by atoms with Gasteiger partial charge in [0, 0.05) is 19.1 Å². The van der Waals surface area contributed by atoms with Gasteiger partial charge in [-0.05, 0) is 18.8 Å². The third kappa shape index (κ3) is 2.85. The molecule has 6 nitrogen and oxygen atoms in total. The molecule has 1 aliphatic heterocycles. The SMILES string of the molecule is CC1CCN(S(=O)(=O)c2cnc[nH]2)C(CN)C1.Cl. The van der Waals surface area contributed by atoms with Gasteiger partial charge >= 0.3 is 0 Å². The van der Waals surface area contributed by atoms with E-state index in [1.54, 1.807) is 0 Å². The summed E-state index contributed by atoms with van der Waals surface area (Å²) < 4.78 is 26.1. The van der Waals surface area contributed by atoms with E-state index in [0.29, 0.717) is 19.0 Å².